The summed E-state index contributed by atoms with van der Waals surface area (Å²) in [7, 11) is 0. The minimum Gasteiger partial charge on any atom is -0.387 e. The van der Waals surface area contributed by atoms with E-state index < -0.39 is 16.8 Å². The van der Waals surface area contributed by atoms with E-state index in [0.717, 1.165) is 32.1 Å². The van der Waals surface area contributed by atoms with E-state index in [4.69, 9.17) is 0 Å². The van der Waals surface area contributed by atoms with Gasteiger partial charge in [0.05, 0.1) is 24.2 Å². The van der Waals surface area contributed by atoms with Gasteiger partial charge in [0, 0.05) is 36.1 Å². The standard InChI is InChI=1S/C30H40FN3O3/c1-22(17-23-9-3-2-4-10-23)28(36)33-16-15-30(37,29(19-33)13-7-8-14-29)20-34-21-32-26(18-27(34)35)24-11-5-6-12-25(24)31/h5-6,11-12,18,21-23,37H,2-4,7-10,13-17,19-20H2,1H3/t22-,30?/m1/s1. The zero-order chi connectivity index (χ0) is 26.0. The highest BCUT2D eigenvalue weighted by atomic mass is 19.1. The number of aliphatic hydroxyl groups is 1. The van der Waals surface area contributed by atoms with Crippen LogP contribution in [0.2, 0.25) is 0 Å². The van der Waals surface area contributed by atoms with Crippen LogP contribution in [0.3, 0.4) is 0 Å². The average molecular weight is 510 g/mol. The third-order valence-corrected chi connectivity index (χ3v) is 9.44. The second-order valence-corrected chi connectivity index (χ2v) is 11.9. The molecule has 0 bridgehead atoms. The van der Waals surface area contributed by atoms with Gasteiger partial charge in [-0.2, -0.15) is 0 Å². The van der Waals surface area contributed by atoms with E-state index in [1.165, 1.54) is 55.1 Å². The molecule has 3 aliphatic rings. The molecule has 0 radical (unpaired) electrons. The fraction of sp³-hybridized carbons (Fsp3) is 0.633. The van der Waals surface area contributed by atoms with Crippen LogP contribution in [-0.4, -0.2) is 44.2 Å². The van der Waals surface area contributed by atoms with Gasteiger partial charge in [-0.3, -0.25) is 14.2 Å². The number of carbonyl (C=O) groups excluding carboxylic acids is 1. The molecule has 1 aliphatic heterocycles. The largest absolute Gasteiger partial charge is 0.387 e. The highest BCUT2D eigenvalue weighted by Gasteiger charge is 2.55. The molecule has 5 rings (SSSR count). The zero-order valence-corrected chi connectivity index (χ0v) is 22.0. The second-order valence-electron chi connectivity index (χ2n) is 11.9. The molecular formula is C30H40FN3O3. The van der Waals surface area contributed by atoms with Gasteiger partial charge in [0.1, 0.15) is 5.82 Å². The molecule has 37 heavy (non-hydrogen) atoms. The zero-order valence-electron chi connectivity index (χ0n) is 22.0. The number of carbonyl (C=O) groups is 1. The monoisotopic (exact) mass is 509 g/mol. The number of hydrogen-bond donors (Lipinski definition) is 1. The Hall–Kier alpha value is -2.54. The van der Waals surface area contributed by atoms with Gasteiger partial charge >= 0.3 is 0 Å². The lowest BCUT2D eigenvalue weighted by molar-refractivity contribution is -0.163. The molecule has 7 heteroatoms. The van der Waals surface area contributed by atoms with E-state index >= 15 is 0 Å². The van der Waals surface area contributed by atoms with E-state index in [0.29, 0.717) is 25.4 Å². The molecule has 1 N–H and O–H groups in total. The molecule has 2 aliphatic carbocycles. The first kappa shape index (κ1) is 26.1. The van der Waals surface area contributed by atoms with Crippen LogP contribution in [0.25, 0.3) is 11.3 Å². The van der Waals surface area contributed by atoms with Crippen molar-refractivity contribution in [1.29, 1.82) is 0 Å². The van der Waals surface area contributed by atoms with Crippen molar-refractivity contribution in [3.63, 3.8) is 0 Å². The molecule has 200 valence electrons. The van der Waals surface area contributed by atoms with Crippen LogP contribution in [-0.2, 0) is 11.3 Å². The first-order valence-corrected chi connectivity index (χ1v) is 14.1. The van der Waals surface area contributed by atoms with Gasteiger partial charge < -0.3 is 10.0 Å². The van der Waals surface area contributed by atoms with Crippen LogP contribution in [0.4, 0.5) is 4.39 Å². The number of nitrogens with zero attached hydrogens (tertiary/aromatic N) is 3. The topological polar surface area (TPSA) is 75.4 Å². The summed E-state index contributed by atoms with van der Waals surface area (Å²) < 4.78 is 15.7. The number of benzene rings is 1. The number of piperidine rings is 1. The van der Waals surface area contributed by atoms with Crippen molar-refractivity contribution in [2.24, 2.45) is 17.3 Å². The molecule has 2 atom stereocenters. The Morgan fingerprint density at radius 3 is 2.57 bits per heavy atom. The minimum absolute atomic E-state index is 0.00508. The molecule has 1 unspecified atom stereocenters. The Morgan fingerprint density at radius 2 is 1.86 bits per heavy atom. The number of amides is 1. The molecule has 6 nitrogen and oxygen atoms in total. The summed E-state index contributed by atoms with van der Waals surface area (Å²) in [6.07, 6.45) is 12.9. The van der Waals surface area contributed by atoms with Crippen LogP contribution in [0.5, 0.6) is 0 Å². The minimum atomic E-state index is -1.10. The quantitative estimate of drug-likeness (QED) is 0.582. The van der Waals surface area contributed by atoms with Crippen LogP contribution in [0.1, 0.15) is 77.6 Å². The van der Waals surface area contributed by atoms with Crippen molar-refractivity contribution < 1.29 is 14.3 Å². The predicted molar refractivity (Wildman–Crippen MR) is 141 cm³/mol. The van der Waals surface area contributed by atoms with Gasteiger partial charge in [0.15, 0.2) is 0 Å². The van der Waals surface area contributed by atoms with Crippen molar-refractivity contribution in [3.8, 4) is 11.3 Å². The molecule has 2 aromatic rings. The van der Waals surface area contributed by atoms with E-state index in [-0.39, 0.29) is 35.2 Å². The van der Waals surface area contributed by atoms with Gasteiger partial charge in [-0.05, 0) is 43.7 Å². The van der Waals surface area contributed by atoms with Gasteiger partial charge in [-0.1, -0.05) is 64.0 Å². The third kappa shape index (κ3) is 5.25. The van der Waals surface area contributed by atoms with Crippen molar-refractivity contribution >= 4 is 5.91 Å². The van der Waals surface area contributed by atoms with Crippen molar-refractivity contribution in [3.05, 3.63) is 52.8 Å². The first-order valence-electron chi connectivity index (χ1n) is 14.1. The number of rotatable bonds is 6. The fourth-order valence-corrected chi connectivity index (χ4v) is 7.26. The Morgan fingerprint density at radius 1 is 1.14 bits per heavy atom. The second kappa shape index (κ2) is 10.7. The lowest BCUT2D eigenvalue weighted by atomic mass is 9.65. The summed E-state index contributed by atoms with van der Waals surface area (Å²) in [5, 5.41) is 12.0. The Labute approximate surface area is 218 Å². The molecule has 1 spiro atoms. The summed E-state index contributed by atoms with van der Waals surface area (Å²) in [4.78, 5) is 32.9. The molecule has 1 saturated heterocycles. The summed E-state index contributed by atoms with van der Waals surface area (Å²) in [5.74, 6) is 0.449. The highest BCUT2D eigenvalue weighted by molar-refractivity contribution is 5.78. The van der Waals surface area contributed by atoms with Crippen LogP contribution >= 0.6 is 0 Å². The molecular weight excluding hydrogens is 469 g/mol. The van der Waals surface area contributed by atoms with Gasteiger partial charge in [-0.15, -0.1) is 0 Å². The summed E-state index contributed by atoms with van der Waals surface area (Å²) in [5.41, 5.74) is -1.26. The van der Waals surface area contributed by atoms with Crippen LogP contribution in [0, 0.1) is 23.1 Å². The van der Waals surface area contributed by atoms with Gasteiger partial charge in [0.2, 0.25) is 5.91 Å². The van der Waals surface area contributed by atoms with Gasteiger partial charge in [0.25, 0.3) is 5.56 Å². The smallest absolute Gasteiger partial charge is 0.253 e. The summed E-state index contributed by atoms with van der Waals surface area (Å²) in [6.45, 7) is 3.26. The maximum Gasteiger partial charge on any atom is 0.253 e. The molecule has 3 fully saturated rings. The molecule has 1 aromatic carbocycles. The van der Waals surface area contributed by atoms with Crippen molar-refractivity contribution in [2.45, 2.75) is 89.7 Å². The van der Waals surface area contributed by atoms with E-state index in [1.807, 2.05) is 4.90 Å². The Bertz CT molecular complexity index is 1170. The fourth-order valence-electron chi connectivity index (χ4n) is 7.26. The lowest BCUT2D eigenvalue weighted by Crippen LogP contribution is -2.62. The summed E-state index contributed by atoms with van der Waals surface area (Å²) in [6, 6.07) is 7.60. The number of hydrogen-bond acceptors (Lipinski definition) is 4. The SMILES string of the molecule is C[C@H](CC1CCCCC1)C(=O)N1CCC(O)(Cn2cnc(-c3ccccc3F)cc2=O)C2(CCCC2)C1. The van der Waals surface area contributed by atoms with Crippen molar-refractivity contribution in [2.75, 3.05) is 13.1 Å². The average Bonchev–Trinajstić information content (AvgIpc) is 3.37. The maximum atomic E-state index is 14.2. The number of aromatic nitrogens is 2. The number of halogens is 1. The van der Waals surface area contributed by atoms with Crippen molar-refractivity contribution in [1.82, 2.24) is 14.5 Å². The third-order valence-electron chi connectivity index (χ3n) is 9.44. The van der Waals surface area contributed by atoms with Crippen LogP contribution in [0.15, 0.2) is 41.5 Å². The molecule has 2 saturated carbocycles. The van der Waals surface area contributed by atoms with E-state index in [2.05, 4.69) is 11.9 Å². The Balaban J connectivity index is 1.32. The Kier molecular flexibility index (Phi) is 7.53. The first-order chi connectivity index (χ1) is 17.8. The highest BCUT2D eigenvalue weighted by Crippen LogP contribution is 2.51. The van der Waals surface area contributed by atoms with Gasteiger partial charge in [-0.25, -0.2) is 9.37 Å². The van der Waals surface area contributed by atoms with Crippen LogP contribution < -0.4 is 5.56 Å². The van der Waals surface area contributed by atoms with E-state index in [9.17, 15) is 19.1 Å². The summed E-state index contributed by atoms with van der Waals surface area (Å²) >= 11 is 0. The predicted octanol–water partition coefficient (Wildman–Crippen LogP) is 5.18. The molecule has 1 amide bonds. The number of likely N-dealkylation sites (tertiary alicyclic amines) is 1. The molecule has 1 aromatic heterocycles. The lowest BCUT2D eigenvalue weighted by Gasteiger charge is -2.52. The maximum absolute atomic E-state index is 14.2. The normalized spacial score (nSPS) is 24.9. The van der Waals surface area contributed by atoms with E-state index in [1.54, 1.807) is 18.2 Å². The molecule has 2 heterocycles.